The van der Waals surface area contributed by atoms with Gasteiger partial charge in [-0.2, -0.15) is 4.99 Å². The Morgan fingerprint density at radius 1 is 1.35 bits per heavy atom. The van der Waals surface area contributed by atoms with Crippen LogP contribution in [0.3, 0.4) is 0 Å². The van der Waals surface area contributed by atoms with Crippen LogP contribution in [0.1, 0.15) is 38.5 Å². The number of benzene rings is 1. The largest absolute Gasteiger partial charge is 0.383 e. The summed E-state index contributed by atoms with van der Waals surface area (Å²) in [4.78, 5) is 17.5. The van der Waals surface area contributed by atoms with Crippen LogP contribution in [0, 0.1) is 5.92 Å². The molecule has 0 bridgehead atoms. The summed E-state index contributed by atoms with van der Waals surface area (Å²) in [5, 5.41) is 0. The van der Waals surface area contributed by atoms with Gasteiger partial charge >= 0.3 is 0 Å². The Balaban J connectivity index is 1.80. The van der Waals surface area contributed by atoms with Gasteiger partial charge in [-0.1, -0.05) is 49.2 Å². The zero-order chi connectivity index (χ0) is 16.1. The van der Waals surface area contributed by atoms with E-state index in [4.69, 9.17) is 4.74 Å². The topological polar surface area (TPSA) is 43.6 Å². The second-order valence-electron chi connectivity index (χ2n) is 6.19. The van der Waals surface area contributed by atoms with Crippen molar-refractivity contribution in [2.24, 2.45) is 10.9 Å². The number of carbonyl (C=O) groups is 1. The Labute approximate surface area is 140 Å². The second kappa shape index (κ2) is 7.88. The van der Waals surface area contributed by atoms with Crippen LogP contribution < -0.4 is 4.80 Å². The first-order valence-electron chi connectivity index (χ1n) is 8.43. The molecule has 0 spiro atoms. The van der Waals surface area contributed by atoms with Crippen LogP contribution in [0.25, 0.3) is 10.2 Å². The molecular weight excluding hydrogens is 308 g/mol. The van der Waals surface area contributed by atoms with Crippen molar-refractivity contribution in [2.75, 3.05) is 13.7 Å². The van der Waals surface area contributed by atoms with E-state index in [0.717, 1.165) is 33.9 Å². The van der Waals surface area contributed by atoms with Crippen LogP contribution in [-0.4, -0.2) is 24.2 Å². The molecule has 0 radical (unpaired) electrons. The van der Waals surface area contributed by atoms with Gasteiger partial charge in [-0.3, -0.25) is 4.79 Å². The van der Waals surface area contributed by atoms with Gasteiger partial charge in [0, 0.05) is 20.1 Å². The van der Waals surface area contributed by atoms with E-state index in [2.05, 4.69) is 21.7 Å². The predicted molar refractivity (Wildman–Crippen MR) is 93.5 cm³/mol. The predicted octanol–water partition coefficient (Wildman–Crippen LogP) is 3.75. The normalized spacial score (nSPS) is 16.5. The number of fused-ring (bicyclic) bond motifs is 1. The highest BCUT2D eigenvalue weighted by atomic mass is 32.1. The van der Waals surface area contributed by atoms with E-state index < -0.39 is 0 Å². The third kappa shape index (κ3) is 4.09. The third-order valence-corrected chi connectivity index (χ3v) is 5.63. The molecule has 23 heavy (non-hydrogen) atoms. The van der Waals surface area contributed by atoms with Crippen molar-refractivity contribution in [2.45, 2.75) is 45.1 Å². The SMILES string of the molecule is COCCn1c(=NC(=O)CCC2CCCC2)sc2ccccc21. The van der Waals surface area contributed by atoms with Crippen LogP contribution in [0.15, 0.2) is 29.3 Å². The number of nitrogens with zero attached hydrogens (tertiary/aromatic N) is 2. The molecule has 1 aliphatic rings. The molecule has 2 aromatic rings. The molecule has 0 saturated heterocycles. The highest BCUT2D eigenvalue weighted by Crippen LogP contribution is 2.28. The monoisotopic (exact) mass is 332 g/mol. The highest BCUT2D eigenvalue weighted by Gasteiger charge is 2.16. The van der Waals surface area contributed by atoms with Crippen molar-refractivity contribution in [3.05, 3.63) is 29.1 Å². The molecule has 1 aromatic heterocycles. The van der Waals surface area contributed by atoms with Gasteiger partial charge in [0.1, 0.15) is 0 Å². The standard InChI is InChI=1S/C18H24N2O2S/c1-22-13-12-20-15-8-4-5-9-16(15)23-18(20)19-17(21)11-10-14-6-2-3-7-14/h4-5,8-9,14H,2-3,6-7,10-13H2,1H3. The molecular formula is C18H24N2O2S. The summed E-state index contributed by atoms with van der Waals surface area (Å²) >= 11 is 1.58. The average Bonchev–Trinajstić information content (AvgIpc) is 3.18. The Hall–Kier alpha value is -1.46. The molecule has 1 aliphatic carbocycles. The second-order valence-corrected chi connectivity index (χ2v) is 7.20. The minimum atomic E-state index is 0.00891. The number of hydrogen-bond acceptors (Lipinski definition) is 3. The van der Waals surface area contributed by atoms with E-state index in [1.807, 2.05) is 12.1 Å². The van der Waals surface area contributed by atoms with Gasteiger partial charge in [0.25, 0.3) is 0 Å². The average molecular weight is 332 g/mol. The van der Waals surface area contributed by atoms with E-state index in [1.54, 1.807) is 18.4 Å². The number of thiazole rings is 1. The number of hydrogen-bond donors (Lipinski definition) is 0. The van der Waals surface area contributed by atoms with Crippen molar-refractivity contribution in [3.8, 4) is 0 Å². The smallest absolute Gasteiger partial charge is 0.248 e. The minimum Gasteiger partial charge on any atom is -0.383 e. The summed E-state index contributed by atoms with van der Waals surface area (Å²) in [5.41, 5.74) is 1.12. The van der Waals surface area contributed by atoms with Gasteiger partial charge in [0.2, 0.25) is 5.91 Å². The Bertz CT molecular complexity index is 726. The molecule has 1 fully saturated rings. The molecule has 0 unspecified atom stereocenters. The molecule has 3 rings (SSSR count). The van der Waals surface area contributed by atoms with Gasteiger partial charge < -0.3 is 9.30 Å². The number of para-hydroxylation sites is 1. The molecule has 1 aromatic carbocycles. The maximum atomic E-state index is 12.3. The molecule has 1 amide bonds. The lowest BCUT2D eigenvalue weighted by Gasteiger charge is -2.06. The van der Waals surface area contributed by atoms with E-state index in [0.29, 0.717) is 13.0 Å². The first-order valence-corrected chi connectivity index (χ1v) is 9.24. The van der Waals surface area contributed by atoms with Crippen LogP contribution in [0.4, 0.5) is 0 Å². The highest BCUT2D eigenvalue weighted by molar-refractivity contribution is 7.16. The maximum Gasteiger partial charge on any atom is 0.248 e. The fourth-order valence-electron chi connectivity index (χ4n) is 3.29. The number of amides is 1. The van der Waals surface area contributed by atoms with Gasteiger partial charge in [-0.05, 0) is 24.5 Å². The molecule has 1 heterocycles. The van der Waals surface area contributed by atoms with Crippen molar-refractivity contribution >= 4 is 27.5 Å². The van der Waals surface area contributed by atoms with Crippen LogP contribution in [0.2, 0.25) is 0 Å². The molecule has 1 saturated carbocycles. The van der Waals surface area contributed by atoms with Gasteiger partial charge in [-0.25, -0.2) is 0 Å². The van der Waals surface area contributed by atoms with E-state index in [-0.39, 0.29) is 5.91 Å². The Morgan fingerprint density at radius 3 is 2.91 bits per heavy atom. The fraction of sp³-hybridized carbons (Fsp3) is 0.556. The minimum absolute atomic E-state index is 0.00891. The zero-order valence-electron chi connectivity index (χ0n) is 13.7. The summed E-state index contributed by atoms with van der Waals surface area (Å²) in [6.45, 7) is 1.33. The summed E-state index contributed by atoms with van der Waals surface area (Å²) in [6, 6.07) is 8.18. The molecule has 0 N–H and O–H groups in total. The summed E-state index contributed by atoms with van der Waals surface area (Å²) in [6.07, 6.45) is 6.77. The third-order valence-electron chi connectivity index (χ3n) is 4.57. The summed E-state index contributed by atoms with van der Waals surface area (Å²) in [5.74, 6) is 0.742. The first kappa shape index (κ1) is 16.4. The quantitative estimate of drug-likeness (QED) is 0.808. The summed E-state index contributed by atoms with van der Waals surface area (Å²) < 4.78 is 8.45. The molecule has 0 atom stereocenters. The van der Waals surface area contributed by atoms with Crippen molar-refractivity contribution in [1.29, 1.82) is 0 Å². The van der Waals surface area contributed by atoms with Gasteiger partial charge in [0.05, 0.1) is 16.8 Å². The van der Waals surface area contributed by atoms with Crippen LogP contribution >= 0.6 is 11.3 Å². The molecule has 4 nitrogen and oxygen atoms in total. The van der Waals surface area contributed by atoms with E-state index >= 15 is 0 Å². The van der Waals surface area contributed by atoms with Gasteiger partial charge in [-0.15, -0.1) is 0 Å². The zero-order valence-corrected chi connectivity index (χ0v) is 14.5. The molecule has 124 valence electrons. The van der Waals surface area contributed by atoms with Crippen molar-refractivity contribution < 1.29 is 9.53 Å². The number of carbonyl (C=O) groups excluding carboxylic acids is 1. The van der Waals surface area contributed by atoms with Crippen molar-refractivity contribution in [3.63, 3.8) is 0 Å². The molecule has 0 aliphatic heterocycles. The first-order chi connectivity index (χ1) is 11.3. The molecule has 5 heteroatoms. The van der Waals surface area contributed by atoms with E-state index in [1.165, 1.54) is 25.7 Å². The summed E-state index contributed by atoms with van der Waals surface area (Å²) in [7, 11) is 1.69. The van der Waals surface area contributed by atoms with E-state index in [9.17, 15) is 4.79 Å². The number of methoxy groups -OCH3 is 1. The number of aromatic nitrogens is 1. The Kier molecular flexibility index (Phi) is 5.62. The lowest BCUT2D eigenvalue weighted by molar-refractivity contribution is -0.118. The number of ether oxygens (including phenoxy) is 1. The lowest BCUT2D eigenvalue weighted by Crippen LogP contribution is -2.19. The maximum absolute atomic E-state index is 12.3. The van der Waals surface area contributed by atoms with Crippen molar-refractivity contribution in [1.82, 2.24) is 4.57 Å². The number of rotatable bonds is 6. The van der Waals surface area contributed by atoms with Crippen LogP contribution in [-0.2, 0) is 16.1 Å². The Morgan fingerprint density at radius 2 is 2.13 bits per heavy atom. The van der Waals surface area contributed by atoms with Gasteiger partial charge in [0.15, 0.2) is 4.80 Å². The fourth-order valence-corrected chi connectivity index (χ4v) is 4.37. The lowest BCUT2D eigenvalue weighted by atomic mass is 10.0. The van der Waals surface area contributed by atoms with Crippen LogP contribution in [0.5, 0.6) is 0 Å².